The van der Waals surface area contributed by atoms with Crippen molar-refractivity contribution >= 4 is 17.7 Å². The van der Waals surface area contributed by atoms with Gasteiger partial charge in [0, 0.05) is 20.6 Å². The number of thioether (sulfide) groups is 1. The second-order valence-corrected chi connectivity index (χ2v) is 5.86. The van der Waals surface area contributed by atoms with E-state index in [1.54, 1.807) is 25.2 Å². The van der Waals surface area contributed by atoms with Crippen LogP contribution in [0.2, 0.25) is 0 Å². The van der Waals surface area contributed by atoms with Gasteiger partial charge in [0.25, 0.3) is 0 Å². The highest BCUT2D eigenvalue weighted by atomic mass is 32.2. The minimum Gasteiger partial charge on any atom is -0.489 e. The van der Waals surface area contributed by atoms with Gasteiger partial charge in [0.15, 0.2) is 17.5 Å². The van der Waals surface area contributed by atoms with Gasteiger partial charge in [-0.15, -0.1) is 0 Å². The molecule has 0 aliphatic heterocycles. The van der Waals surface area contributed by atoms with Crippen molar-refractivity contribution in [2.75, 3.05) is 45.8 Å². The van der Waals surface area contributed by atoms with E-state index < -0.39 is 0 Å². The molecule has 0 bridgehead atoms. The zero-order chi connectivity index (χ0) is 16.2. The molecule has 0 spiro atoms. The molecule has 1 aromatic rings. The van der Waals surface area contributed by atoms with Crippen LogP contribution in [-0.4, -0.2) is 56.7 Å². The average Bonchev–Trinajstić information content (AvgIpc) is 2.52. The van der Waals surface area contributed by atoms with E-state index in [-0.39, 0.29) is 11.6 Å². The van der Waals surface area contributed by atoms with E-state index in [0.29, 0.717) is 13.2 Å². The highest BCUT2D eigenvalue weighted by molar-refractivity contribution is 7.98. The molecular formula is C16H26FN3OS. The quantitative estimate of drug-likeness (QED) is 0.430. The Bertz CT molecular complexity index is 457. The Balaban J connectivity index is 2.27. The standard InChI is InChI=1S/C16H26FN3OS/c1-18-16(19-10-6-7-13-22-3)20(2)11-12-21-15-9-5-4-8-14(15)17/h4-5,8-9H,6-7,10-13H2,1-3H3,(H,18,19). The van der Waals surface area contributed by atoms with Crippen LogP contribution < -0.4 is 10.1 Å². The van der Waals surface area contributed by atoms with Crippen LogP contribution in [0.15, 0.2) is 29.3 Å². The SMILES string of the molecule is CN=C(NCCCCSC)N(C)CCOc1ccccc1F. The van der Waals surface area contributed by atoms with E-state index in [2.05, 4.69) is 16.6 Å². The lowest BCUT2D eigenvalue weighted by atomic mass is 10.3. The molecule has 22 heavy (non-hydrogen) atoms. The fourth-order valence-corrected chi connectivity index (χ4v) is 2.41. The Morgan fingerprint density at radius 1 is 1.36 bits per heavy atom. The summed E-state index contributed by atoms with van der Waals surface area (Å²) in [5, 5.41) is 3.33. The van der Waals surface area contributed by atoms with Gasteiger partial charge in [0.1, 0.15) is 6.61 Å². The molecule has 1 rings (SSSR count). The third-order valence-electron chi connectivity index (χ3n) is 3.15. The topological polar surface area (TPSA) is 36.9 Å². The lowest BCUT2D eigenvalue weighted by molar-refractivity contribution is 0.270. The number of benzene rings is 1. The number of nitrogens with one attached hydrogen (secondary N) is 1. The number of guanidine groups is 1. The van der Waals surface area contributed by atoms with Crippen LogP contribution in [0.1, 0.15) is 12.8 Å². The first-order valence-electron chi connectivity index (χ1n) is 7.47. The minimum atomic E-state index is -0.332. The first-order valence-corrected chi connectivity index (χ1v) is 8.86. The maximum absolute atomic E-state index is 13.4. The molecule has 0 saturated carbocycles. The maximum Gasteiger partial charge on any atom is 0.193 e. The number of rotatable bonds is 9. The molecule has 124 valence electrons. The number of unbranched alkanes of at least 4 members (excludes halogenated alkanes) is 1. The van der Waals surface area contributed by atoms with Crippen molar-refractivity contribution in [2.45, 2.75) is 12.8 Å². The number of hydrogen-bond acceptors (Lipinski definition) is 3. The molecule has 1 aromatic carbocycles. The number of likely N-dealkylation sites (N-methyl/N-ethyl adjacent to an activating group) is 1. The summed E-state index contributed by atoms with van der Waals surface area (Å²) in [6, 6.07) is 6.44. The smallest absolute Gasteiger partial charge is 0.193 e. The minimum absolute atomic E-state index is 0.288. The van der Waals surface area contributed by atoms with Gasteiger partial charge in [0.05, 0.1) is 6.54 Å². The summed E-state index contributed by atoms with van der Waals surface area (Å²) in [6.07, 6.45) is 4.44. The van der Waals surface area contributed by atoms with Crippen molar-refractivity contribution in [2.24, 2.45) is 4.99 Å². The molecule has 0 heterocycles. The van der Waals surface area contributed by atoms with E-state index in [0.717, 1.165) is 18.9 Å². The normalized spacial score (nSPS) is 11.4. The summed E-state index contributed by atoms with van der Waals surface area (Å²) in [6.45, 7) is 1.95. The van der Waals surface area contributed by atoms with Crippen LogP contribution >= 0.6 is 11.8 Å². The lowest BCUT2D eigenvalue weighted by Crippen LogP contribution is -2.41. The van der Waals surface area contributed by atoms with Gasteiger partial charge in [-0.25, -0.2) is 4.39 Å². The molecule has 0 atom stereocenters. The van der Waals surface area contributed by atoms with Crippen molar-refractivity contribution in [1.82, 2.24) is 10.2 Å². The third-order valence-corrected chi connectivity index (χ3v) is 3.85. The summed E-state index contributed by atoms with van der Waals surface area (Å²) in [4.78, 5) is 6.23. The molecule has 0 radical (unpaired) electrons. The van der Waals surface area contributed by atoms with E-state index in [4.69, 9.17) is 4.74 Å². The number of nitrogens with zero attached hydrogens (tertiary/aromatic N) is 2. The summed E-state index contributed by atoms with van der Waals surface area (Å²) in [7, 11) is 3.71. The predicted molar refractivity (Wildman–Crippen MR) is 93.5 cm³/mol. The largest absolute Gasteiger partial charge is 0.489 e. The van der Waals surface area contributed by atoms with E-state index in [1.807, 2.05) is 23.7 Å². The van der Waals surface area contributed by atoms with E-state index in [1.165, 1.54) is 18.2 Å². The fraction of sp³-hybridized carbons (Fsp3) is 0.562. The van der Waals surface area contributed by atoms with Crippen molar-refractivity contribution in [3.8, 4) is 5.75 Å². The van der Waals surface area contributed by atoms with Gasteiger partial charge in [-0.3, -0.25) is 4.99 Å². The first-order chi connectivity index (χ1) is 10.7. The molecular weight excluding hydrogens is 301 g/mol. The maximum atomic E-state index is 13.4. The van der Waals surface area contributed by atoms with Crippen LogP contribution in [-0.2, 0) is 0 Å². The summed E-state index contributed by atoms with van der Waals surface area (Å²) < 4.78 is 18.9. The van der Waals surface area contributed by atoms with E-state index >= 15 is 0 Å². The van der Waals surface area contributed by atoms with Crippen LogP contribution in [0.3, 0.4) is 0 Å². The van der Waals surface area contributed by atoms with Gasteiger partial charge in [0.2, 0.25) is 0 Å². The first kappa shape index (κ1) is 18.6. The second kappa shape index (κ2) is 11.2. The Hall–Kier alpha value is -1.43. The Labute approximate surface area is 137 Å². The lowest BCUT2D eigenvalue weighted by Gasteiger charge is -2.22. The number of halogens is 1. The fourth-order valence-electron chi connectivity index (χ4n) is 1.92. The number of aliphatic imine (C=N–C) groups is 1. The second-order valence-electron chi connectivity index (χ2n) is 4.87. The van der Waals surface area contributed by atoms with Crippen molar-refractivity contribution in [3.63, 3.8) is 0 Å². The molecule has 4 nitrogen and oxygen atoms in total. The molecule has 0 aliphatic rings. The number of para-hydroxylation sites is 1. The van der Waals surface area contributed by atoms with Crippen LogP contribution in [0.5, 0.6) is 5.75 Å². The van der Waals surface area contributed by atoms with Crippen molar-refractivity contribution < 1.29 is 9.13 Å². The van der Waals surface area contributed by atoms with E-state index in [9.17, 15) is 4.39 Å². The molecule has 0 unspecified atom stereocenters. The van der Waals surface area contributed by atoms with Crippen molar-refractivity contribution in [1.29, 1.82) is 0 Å². The van der Waals surface area contributed by atoms with Crippen LogP contribution in [0.25, 0.3) is 0 Å². The molecule has 0 saturated heterocycles. The number of hydrogen-bond donors (Lipinski definition) is 1. The predicted octanol–water partition coefficient (Wildman–Crippen LogP) is 2.85. The summed E-state index contributed by atoms with van der Waals surface area (Å²) >= 11 is 1.87. The highest BCUT2D eigenvalue weighted by Crippen LogP contribution is 2.14. The van der Waals surface area contributed by atoms with Gasteiger partial charge in [-0.1, -0.05) is 12.1 Å². The monoisotopic (exact) mass is 327 g/mol. The summed E-state index contributed by atoms with van der Waals surface area (Å²) in [5.41, 5.74) is 0. The molecule has 0 aliphatic carbocycles. The molecule has 6 heteroatoms. The Kier molecular flexibility index (Phi) is 9.46. The highest BCUT2D eigenvalue weighted by Gasteiger charge is 2.06. The third kappa shape index (κ3) is 7.02. The molecule has 0 aromatic heterocycles. The number of ether oxygens (including phenoxy) is 1. The van der Waals surface area contributed by atoms with Crippen molar-refractivity contribution in [3.05, 3.63) is 30.1 Å². The van der Waals surface area contributed by atoms with Gasteiger partial charge >= 0.3 is 0 Å². The Morgan fingerprint density at radius 3 is 2.82 bits per heavy atom. The summed E-state index contributed by atoms with van der Waals surface area (Å²) in [5.74, 6) is 1.98. The van der Waals surface area contributed by atoms with Gasteiger partial charge in [-0.2, -0.15) is 11.8 Å². The average molecular weight is 327 g/mol. The molecule has 0 fully saturated rings. The molecule has 1 N–H and O–H groups in total. The Morgan fingerprint density at radius 2 is 2.14 bits per heavy atom. The van der Waals surface area contributed by atoms with Crippen LogP contribution in [0.4, 0.5) is 4.39 Å². The zero-order valence-corrected chi connectivity index (χ0v) is 14.5. The van der Waals surface area contributed by atoms with Crippen LogP contribution in [0, 0.1) is 5.82 Å². The van der Waals surface area contributed by atoms with Gasteiger partial charge < -0.3 is 15.0 Å². The zero-order valence-electron chi connectivity index (χ0n) is 13.6. The molecule has 0 amide bonds. The van der Waals surface area contributed by atoms with Gasteiger partial charge in [-0.05, 0) is 37.0 Å².